The Morgan fingerprint density at radius 2 is 1.63 bits per heavy atom. The van der Waals surface area contributed by atoms with Crippen molar-refractivity contribution in [2.75, 3.05) is 11.9 Å². The van der Waals surface area contributed by atoms with Gasteiger partial charge in [-0.25, -0.2) is 4.79 Å². The first-order valence-corrected chi connectivity index (χ1v) is 8.44. The van der Waals surface area contributed by atoms with Crippen LogP contribution in [0.15, 0.2) is 48.5 Å². The van der Waals surface area contributed by atoms with E-state index in [0.717, 1.165) is 5.56 Å². The molecule has 0 radical (unpaired) electrons. The molecule has 0 aliphatic carbocycles. The second-order valence-electron chi connectivity index (χ2n) is 6.84. The lowest BCUT2D eigenvalue weighted by Crippen LogP contribution is -2.27. The number of benzene rings is 2. The van der Waals surface area contributed by atoms with E-state index in [1.807, 2.05) is 18.2 Å². The molecule has 0 atom stereocenters. The molecule has 0 saturated carbocycles. The van der Waals surface area contributed by atoms with Crippen molar-refractivity contribution in [2.24, 2.45) is 5.73 Å². The van der Waals surface area contributed by atoms with Crippen LogP contribution in [-0.4, -0.2) is 24.2 Å². The predicted octanol–water partition coefficient (Wildman–Crippen LogP) is 3.48. The van der Waals surface area contributed by atoms with E-state index in [1.165, 1.54) is 0 Å². The first kappa shape index (κ1) is 20.1. The Balaban J connectivity index is 1.89. The summed E-state index contributed by atoms with van der Waals surface area (Å²) in [5.74, 6) is 0.645. The van der Waals surface area contributed by atoms with Crippen LogP contribution in [0.4, 0.5) is 10.5 Å². The number of rotatable bonds is 7. The summed E-state index contributed by atoms with van der Waals surface area (Å²) in [6, 6.07) is 14.2. The molecule has 0 heterocycles. The summed E-state index contributed by atoms with van der Waals surface area (Å²) in [4.78, 5) is 22.5. The molecule has 7 heteroatoms. The van der Waals surface area contributed by atoms with E-state index in [-0.39, 0.29) is 6.61 Å². The summed E-state index contributed by atoms with van der Waals surface area (Å²) >= 11 is 0. The molecule has 0 unspecified atom stereocenters. The number of nitrogens with two attached hydrogens (primary N) is 1. The lowest BCUT2D eigenvalue weighted by atomic mass is 10.2. The Morgan fingerprint density at radius 1 is 1.00 bits per heavy atom. The van der Waals surface area contributed by atoms with Gasteiger partial charge in [0, 0.05) is 5.69 Å². The Labute approximate surface area is 158 Å². The topological polar surface area (TPSA) is 99.9 Å². The minimum atomic E-state index is -0.557. The van der Waals surface area contributed by atoms with E-state index < -0.39 is 17.6 Å². The molecule has 0 aliphatic heterocycles. The molecule has 2 rings (SSSR count). The van der Waals surface area contributed by atoms with Gasteiger partial charge in [0.05, 0.1) is 0 Å². The fourth-order valence-electron chi connectivity index (χ4n) is 2.11. The van der Waals surface area contributed by atoms with Gasteiger partial charge < -0.3 is 19.9 Å². The largest absolute Gasteiger partial charge is 0.489 e. The highest BCUT2D eigenvalue weighted by atomic mass is 16.6. The van der Waals surface area contributed by atoms with Crippen LogP contribution in [0.25, 0.3) is 0 Å². The third-order valence-corrected chi connectivity index (χ3v) is 3.18. The Kier molecular flexibility index (Phi) is 6.65. The van der Waals surface area contributed by atoms with E-state index in [4.69, 9.17) is 19.9 Å². The van der Waals surface area contributed by atoms with Crippen LogP contribution >= 0.6 is 0 Å². The highest BCUT2D eigenvalue weighted by molar-refractivity contribution is 5.84. The molecular weight excluding hydrogens is 348 g/mol. The number of hydrogen-bond acceptors (Lipinski definition) is 5. The zero-order valence-corrected chi connectivity index (χ0v) is 15.7. The van der Waals surface area contributed by atoms with E-state index in [1.54, 1.807) is 51.1 Å². The van der Waals surface area contributed by atoms with Crippen LogP contribution in [0.3, 0.4) is 0 Å². The highest BCUT2D eigenvalue weighted by Crippen LogP contribution is 2.20. The van der Waals surface area contributed by atoms with Crippen molar-refractivity contribution >= 4 is 17.7 Å². The molecule has 27 heavy (non-hydrogen) atoms. The molecule has 0 bridgehead atoms. The quantitative estimate of drug-likeness (QED) is 0.775. The SMILES string of the molecule is CC(C)(C)OC(=O)Nc1cccc(COc2ccc(OCC(N)=O)cc2)c1. The summed E-state index contributed by atoms with van der Waals surface area (Å²) in [5, 5.41) is 2.70. The molecule has 144 valence electrons. The van der Waals surface area contributed by atoms with Crippen molar-refractivity contribution < 1.29 is 23.8 Å². The number of anilines is 1. The Bertz CT molecular complexity index is 782. The van der Waals surface area contributed by atoms with Gasteiger partial charge in [0.25, 0.3) is 5.91 Å². The molecule has 3 N–H and O–H groups in total. The van der Waals surface area contributed by atoms with E-state index in [9.17, 15) is 9.59 Å². The minimum Gasteiger partial charge on any atom is -0.489 e. The summed E-state index contributed by atoms with van der Waals surface area (Å²) in [6.45, 7) is 5.58. The monoisotopic (exact) mass is 372 g/mol. The molecule has 0 aliphatic rings. The maximum absolute atomic E-state index is 11.8. The average molecular weight is 372 g/mol. The molecule has 2 amide bonds. The van der Waals surface area contributed by atoms with Gasteiger partial charge in [-0.2, -0.15) is 0 Å². The van der Waals surface area contributed by atoms with Gasteiger partial charge >= 0.3 is 6.09 Å². The van der Waals surface area contributed by atoms with Crippen molar-refractivity contribution in [3.63, 3.8) is 0 Å². The van der Waals surface area contributed by atoms with Crippen molar-refractivity contribution in [1.82, 2.24) is 0 Å². The predicted molar refractivity (Wildman–Crippen MR) is 102 cm³/mol. The lowest BCUT2D eigenvalue weighted by Gasteiger charge is -2.19. The summed E-state index contributed by atoms with van der Waals surface area (Å²) < 4.78 is 16.1. The first-order valence-electron chi connectivity index (χ1n) is 8.44. The average Bonchev–Trinajstić information content (AvgIpc) is 2.57. The second kappa shape index (κ2) is 8.93. The van der Waals surface area contributed by atoms with Crippen molar-refractivity contribution in [3.05, 3.63) is 54.1 Å². The van der Waals surface area contributed by atoms with Crippen molar-refractivity contribution in [3.8, 4) is 11.5 Å². The fraction of sp³-hybridized carbons (Fsp3) is 0.300. The van der Waals surface area contributed by atoms with Crippen LogP contribution < -0.4 is 20.5 Å². The van der Waals surface area contributed by atoms with Crippen LogP contribution in [0.2, 0.25) is 0 Å². The molecule has 0 spiro atoms. The minimum absolute atomic E-state index is 0.169. The third-order valence-electron chi connectivity index (χ3n) is 3.18. The maximum Gasteiger partial charge on any atom is 0.412 e. The van der Waals surface area contributed by atoms with Crippen molar-refractivity contribution in [1.29, 1.82) is 0 Å². The number of ether oxygens (including phenoxy) is 3. The molecule has 7 nitrogen and oxygen atoms in total. The van der Waals surface area contributed by atoms with Crippen LogP contribution in [0.5, 0.6) is 11.5 Å². The van der Waals surface area contributed by atoms with Gasteiger partial charge in [0.1, 0.15) is 23.7 Å². The van der Waals surface area contributed by atoms with Crippen molar-refractivity contribution in [2.45, 2.75) is 33.0 Å². The summed E-state index contributed by atoms with van der Waals surface area (Å²) in [7, 11) is 0. The maximum atomic E-state index is 11.8. The molecule has 0 aromatic heterocycles. The van der Waals surface area contributed by atoms with Gasteiger partial charge in [-0.05, 0) is 62.7 Å². The second-order valence-corrected chi connectivity index (χ2v) is 6.84. The van der Waals surface area contributed by atoms with E-state index in [2.05, 4.69) is 5.32 Å². The van der Waals surface area contributed by atoms with Gasteiger partial charge in [0.15, 0.2) is 6.61 Å². The number of hydrogen-bond donors (Lipinski definition) is 2. The van der Waals surface area contributed by atoms with E-state index in [0.29, 0.717) is 23.8 Å². The van der Waals surface area contributed by atoms with Gasteiger partial charge in [0.2, 0.25) is 0 Å². The number of primary amides is 1. The lowest BCUT2D eigenvalue weighted by molar-refractivity contribution is -0.119. The normalized spacial score (nSPS) is 10.8. The zero-order valence-electron chi connectivity index (χ0n) is 15.7. The van der Waals surface area contributed by atoms with Gasteiger partial charge in [-0.1, -0.05) is 12.1 Å². The van der Waals surface area contributed by atoms with Gasteiger partial charge in [-0.3, -0.25) is 10.1 Å². The van der Waals surface area contributed by atoms with Crippen LogP contribution in [0, 0.1) is 0 Å². The molecular formula is C20H24N2O5. The summed E-state index contributed by atoms with van der Waals surface area (Å²) in [5.41, 5.74) is 5.99. The summed E-state index contributed by atoms with van der Waals surface area (Å²) in [6.07, 6.45) is -0.507. The zero-order chi connectivity index (χ0) is 19.9. The smallest absolute Gasteiger partial charge is 0.412 e. The van der Waals surface area contributed by atoms with Crippen LogP contribution in [0.1, 0.15) is 26.3 Å². The van der Waals surface area contributed by atoms with Gasteiger partial charge in [-0.15, -0.1) is 0 Å². The van der Waals surface area contributed by atoms with Crippen LogP contribution in [-0.2, 0) is 16.1 Å². The van der Waals surface area contributed by atoms with E-state index >= 15 is 0 Å². The molecule has 2 aromatic rings. The number of carbonyl (C=O) groups excluding carboxylic acids is 2. The number of amides is 2. The molecule has 0 fully saturated rings. The highest BCUT2D eigenvalue weighted by Gasteiger charge is 2.16. The first-order chi connectivity index (χ1) is 12.7. The third kappa shape index (κ3) is 7.68. The standard InChI is InChI=1S/C20H24N2O5/c1-20(2,3)27-19(24)22-15-6-4-5-14(11-15)12-25-16-7-9-17(10-8-16)26-13-18(21)23/h4-11H,12-13H2,1-3H3,(H2,21,23)(H,22,24). The molecule has 2 aromatic carbocycles. The Morgan fingerprint density at radius 3 is 2.22 bits per heavy atom. The Hall–Kier alpha value is -3.22. The molecule has 0 saturated heterocycles. The number of nitrogens with one attached hydrogen (secondary N) is 1. The number of carbonyl (C=O) groups is 2. The fourth-order valence-corrected chi connectivity index (χ4v) is 2.11.